The van der Waals surface area contributed by atoms with Crippen LogP contribution in [-0.2, 0) is 4.74 Å². The van der Waals surface area contributed by atoms with E-state index in [9.17, 15) is 4.79 Å². The first-order valence-electron chi connectivity index (χ1n) is 7.41. The minimum Gasteiger partial charge on any atom is -0.444 e. The van der Waals surface area contributed by atoms with Gasteiger partial charge in [0.15, 0.2) is 0 Å². The third kappa shape index (κ3) is 7.24. The van der Waals surface area contributed by atoms with E-state index in [4.69, 9.17) is 10.3 Å². The number of hydrogen-bond acceptors (Lipinski definition) is 3. The molecule has 114 valence electrons. The molecule has 0 aromatic rings. The van der Waals surface area contributed by atoms with Crippen LogP contribution in [-0.4, -0.2) is 24.3 Å². The second-order valence-corrected chi connectivity index (χ2v) is 6.50. The lowest BCUT2D eigenvalue weighted by atomic mass is 9.85. The zero-order valence-corrected chi connectivity index (χ0v) is 12.8. The molecule has 1 aliphatic carbocycles. The smallest absolute Gasteiger partial charge is 0.407 e. The van der Waals surface area contributed by atoms with Crippen LogP contribution in [0.5, 0.6) is 0 Å². The fourth-order valence-corrected chi connectivity index (χ4v) is 2.61. The van der Waals surface area contributed by atoms with Crippen LogP contribution >= 0.6 is 0 Å². The quantitative estimate of drug-likeness (QED) is 0.466. The summed E-state index contributed by atoms with van der Waals surface area (Å²) in [5, 5.41) is 6.43. The molecule has 0 aromatic carbocycles. The summed E-state index contributed by atoms with van der Waals surface area (Å²) in [7, 11) is 0. The normalized spacial score (nSPS) is 17.9. The Labute approximate surface area is 120 Å². The number of amides is 1. The number of nitrogens with zero attached hydrogens (tertiary/aromatic N) is 3. The Morgan fingerprint density at radius 2 is 2.05 bits per heavy atom. The molecule has 1 saturated carbocycles. The number of hydrogen-bond donors (Lipinski definition) is 1. The Morgan fingerprint density at radius 1 is 1.40 bits per heavy atom. The molecule has 20 heavy (non-hydrogen) atoms. The molecular formula is C14H26N4O2. The van der Waals surface area contributed by atoms with Gasteiger partial charge >= 0.3 is 6.09 Å². The molecule has 6 heteroatoms. The molecule has 0 aliphatic heterocycles. The average molecular weight is 282 g/mol. The first-order chi connectivity index (χ1) is 9.40. The zero-order valence-electron chi connectivity index (χ0n) is 12.8. The Hall–Kier alpha value is -1.42. The summed E-state index contributed by atoms with van der Waals surface area (Å²) >= 11 is 0. The van der Waals surface area contributed by atoms with Gasteiger partial charge < -0.3 is 10.1 Å². The summed E-state index contributed by atoms with van der Waals surface area (Å²) in [6.45, 7) is 5.77. The molecule has 1 amide bonds. The van der Waals surface area contributed by atoms with Crippen molar-refractivity contribution in [1.82, 2.24) is 5.32 Å². The van der Waals surface area contributed by atoms with Gasteiger partial charge in [0.25, 0.3) is 0 Å². The summed E-state index contributed by atoms with van der Waals surface area (Å²) in [5.41, 5.74) is 7.94. The van der Waals surface area contributed by atoms with E-state index in [0.717, 1.165) is 6.42 Å². The second kappa shape index (κ2) is 8.00. The predicted octanol–water partition coefficient (Wildman–Crippen LogP) is 4.16. The molecule has 1 fully saturated rings. The molecule has 1 rings (SSSR count). The van der Waals surface area contributed by atoms with Gasteiger partial charge in [-0.3, -0.25) is 0 Å². The minimum atomic E-state index is -0.516. The first-order valence-corrected chi connectivity index (χ1v) is 7.41. The minimum absolute atomic E-state index is 0.135. The van der Waals surface area contributed by atoms with Crippen molar-refractivity contribution < 1.29 is 9.53 Å². The summed E-state index contributed by atoms with van der Waals surface area (Å²) in [5.74, 6) is 0.609. The monoisotopic (exact) mass is 282 g/mol. The van der Waals surface area contributed by atoms with Crippen molar-refractivity contribution in [2.24, 2.45) is 11.0 Å². The highest BCUT2D eigenvalue weighted by Crippen LogP contribution is 2.27. The molecular weight excluding hydrogens is 256 g/mol. The lowest BCUT2D eigenvalue weighted by molar-refractivity contribution is 0.0497. The maximum absolute atomic E-state index is 11.8. The summed E-state index contributed by atoms with van der Waals surface area (Å²) in [6, 6.07) is -0.135. The van der Waals surface area contributed by atoms with E-state index < -0.39 is 11.7 Å². The van der Waals surface area contributed by atoms with Gasteiger partial charge in [-0.1, -0.05) is 37.2 Å². The Balaban J connectivity index is 2.49. The van der Waals surface area contributed by atoms with Crippen LogP contribution in [0.2, 0.25) is 0 Å². The van der Waals surface area contributed by atoms with E-state index in [2.05, 4.69) is 15.3 Å². The van der Waals surface area contributed by atoms with Gasteiger partial charge in [0.1, 0.15) is 5.60 Å². The molecule has 1 N–H and O–H groups in total. The highest BCUT2D eigenvalue weighted by Gasteiger charge is 2.22. The molecule has 1 atom stereocenters. The van der Waals surface area contributed by atoms with Crippen molar-refractivity contribution in [3.8, 4) is 0 Å². The third-order valence-electron chi connectivity index (χ3n) is 3.43. The van der Waals surface area contributed by atoms with Gasteiger partial charge in [0, 0.05) is 17.5 Å². The van der Waals surface area contributed by atoms with Gasteiger partial charge in [-0.2, -0.15) is 0 Å². The van der Waals surface area contributed by atoms with Crippen molar-refractivity contribution in [1.29, 1.82) is 0 Å². The molecule has 0 heterocycles. The standard InChI is InChI=1S/C14H26N4O2/c1-14(2,3)20-13(19)17-12(10-16-18-15)9-11-7-5-4-6-8-11/h11-12H,4-10H2,1-3H3,(H,17,19)/t12-/m0/s1. The van der Waals surface area contributed by atoms with Gasteiger partial charge in [-0.15, -0.1) is 0 Å². The van der Waals surface area contributed by atoms with Crippen molar-refractivity contribution in [3.63, 3.8) is 0 Å². The Morgan fingerprint density at radius 3 is 2.60 bits per heavy atom. The maximum Gasteiger partial charge on any atom is 0.407 e. The van der Waals surface area contributed by atoms with E-state index in [1.54, 1.807) is 0 Å². The fraction of sp³-hybridized carbons (Fsp3) is 0.929. The van der Waals surface area contributed by atoms with Gasteiger partial charge in [0.2, 0.25) is 0 Å². The van der Waals surface area contributed by atoms with Crippen LogP contribution in [0.1, 0.15) is 59.3 Å². The van der Waals surface area contributed by atoms with E-state index >= 15 is 0 Å². The summed E-state index contributed by atoms with van der Waals surface area (Å²) in [6.07, 6.45) is 6.63. The van der Waals surface area contributed by atoms with E-state index in [-0.39, 0.29) is 12.6 Å². The molecule has 0 saturated heterocycles. The van der Waals surface area contributed by atoms with Crippen LogP contribution in [0.3, 0.4) is 0 Å². The number of carbonyl (C=O) groups excluding carboxylic acids is 1. The fourth-order valence-electron chi connectivity index (χ4n) is 2.61. The highest BCUT2D eigenvalue weighted by molar-refractivity contribution is 5.68. The van der Waals surface area contributed by atoms with Crippen molar-refractivity contribution in [3.05, 3.63) is 10.4 Å². The number of ether oxygens (including phenoxy) is 1. The molecule has 0 aromatic heterocycles. The molecule has 0 radical (unpaired) electrons. The van der Waals surface area contributed by atoms with Gasteiger partial charge in [-0.05, 0) is 38.6 Å². The zero-order chi connectivity index (χ0) is 15.0. The average Bonchev–Trinajstić information content (AvgIpc) is 2.35. The van der Waals surface area contributed by atoms with Gasteiger partial charge in [-0.25, -0.2) is 4.79 Å². The van der Waals surface area contributed by atoms with Crippen LogP contribution in [0.4, 0.5) is 4.79 Å². The molecule has 0 spiro atoms. The largest absolute Gasteiger partial charge is 0.444 e. The van der Waals surface area contributed by atoms with Crippen molar-refractivity contribution in [2.75, 3.05) is 6.54 Å². The number of alkyl carbamates (subject to hydrolysis) is 1. The second-order valence-electron chi connectivity index (χ2n) is 6.50. The Bertz CT molecular complexity index is 353. The molecule has 0 bridgehead atoms. The van der Waals surface area contributed by atoms with E-state index in [0.29, 0.717) is 5.92 Å². The van der Waals surface area contributed by atoms with Crippen LogP contribution in [0.15, 0.2) is 5.11 Å². The van der Waals surface area contributed by atoms with Crippen molar-refractivity contribution >= 4 is 6.09 Å². The number of azide groups is 1. The van der Waals surface area contributed by atoms with E-state index in [1.165, 1.54) is 32.1 Å². The third-order valence-corrected chi connectivity index (χ3v) is 3.43. The molecule has 0 unspecified atom stereocenters. The highest BCUT2D eigenvalue weighted by atomic mass is 16.6. The van der Waals surface area contributed by atoms with Crippen LogP contribution in [0, 0.1) is 5.92 Å². The predicted molar refractivity (Wildman–Crippen MR) is 78.4 cm³/mol. The SMILES string of the molecule is CC(C)(C)OC(=O)N[C@H](CN=[N+]=[N-])CC1CCCCC1. The van der Waals surface area contributed by atoms with E-state index in [1.807, 2.05) is 20.8 Å². The maximum atomic E-state index is 11.8. The topological polar surface area (TPSA) is 87.1 Å². The summed E-state index contributed by atoms with van der Waals surface area (Å²) in [4.78, 5) is 14.6. The van der Waals surface area contributed by atoms with Crippen molar-refractivity contribution in [2.45, 2.75) is 70.9 Å². The number of nitrogens with one attached hydrogen (secondary N) is 1. The molecule has 1 aliphatic rings. The Kier molecular flexibility index (Phi) is 6.65. The molecule has 6 nitrogen and oxygen atoms in total. The number of rotatable bonds is 5. The van der Waals surface area contributed by atoms with Crippen LogP contribution < -0.4 is 5.32 Å². The lowest BCUT2D eigenvalue weighted by Crippen LogP contribution is -2.41. The van der Waals surface area contributed by atoms with Gasteiger partial charge in [0.05, 0.1) is 0 Å². The number of carbonyl (C=O) groups is 1. The van der Waals surface area contributed by atoms with Crippen LogP contribution in [0.25, 0.3) is 10.4 Å². The lowest BCUT2D eigenvalue weighted by Gasteiger charge is -2.27. The summed E-state index contributed by atoms with van der Waals surface area (Å²) < 4.78 is 5.25. The first kappa shape index (κ1) is 16.6.